The van der Waals surface area contributed by atoms with Crippen LogP contribution in [-0.4, -0.2) is 78.0 Å². The number of aliphatic hydroxyl groups excluding tert-OH is 2. The number of aliphatic hydroxyl groups is 2. The van der Waals surface area contributed by atoms with Crippen molar-refractivity contribution in [1.82, 2.24) is 9.80 Å². The van der Waals surface area contributed by atoms with Gasteiger partial charge in [0.1, 0.15) is 0 Å². The van der Waals surface area contributed by atoms with E-state index in [9.17, 15) is 5.11 Å². The lowest BCUT2D eigenvalue weighted by atomic mass is 10.1. The van der Waals surface area contributed by atoms with Crippen LogP contribution >= 0.6 is 0 Å². The summed E-state index contributed by atoms with van der Waals surface area (Å²) in [6.07, 6.45) is 0.766. The first kappa shape index (κ1) is 16.7. The SMILES string of the molecule is C[C@@H]1CN2C[C@H](O)C[C@H]2CN1Cc1ccc(N(C)CCO)cc1. The number of benzene rings is 1. The monoisotopic (exact) mass is 319 g/mol. The summed E-state index contributed by atoms with van der Waals surface area (Å²) in [6.45, 7) is 7.02. The number of piperazine rings is 1. The van der Waals surface area contributed by atoms with Crippen LogP contribution in [0.25, 0.3) is 0 Å². The Morgan fingerprint density at radius 1 is 1.17 bits per heavy atom. The van der Waals surface area contributed by atoms with E-state index in [1.165, 1.54) is 5.56 Å². The second-order valence-corrected chi connectivity index (χ2v) is 7.09. The van der Waals surface area contributed by atoms with Gasteiger partial charge in [-0.15, -0.1) is 0 Å². The molecule has 0 aromatic heterocycles. The first-order valence-electron chi connectivity index (χ1n) is 8.64. The molecule has 0 amide bonds. The summed E-state index contributed by atoms with van der Waals surface area (Å²) in [5.74, 6) is 0. The van der Waals surface area contributed by atoms with Crippen molar-refractivity contribution in [2.45, 2.75) is 38.1 Å². The Morgan fingerprint density at radius 2 is 1.91 bits per heavy atom. The van der Waals surface area contributed by atoms with Crippen LogP contribution in [0.15, 0.2) is 24.3 Å². The Bertz CT molecular complexity index is 507. The second kappa shape index (κ2) is 7.18. The van der Waals surface area contributed by atoms with Gasteiger partial charge in [-0.3, -0.25) is 9.80 Å². The molecule has 3 atom stereocenters. The van der Waals surface area contributed by atoms with Gasteiger partial charge in [-0.25, -0.2) is 0 Å². The Hall–Kier alpha value is -1.14. The van der Waals surface area contributed by atoms with Gasteiger partial charge in [-0.2, -0.15) is 0 Å². The zero-order valence-electron chi connectivity index (χ0n) is 14.2. The fourth-order valence-corrected chi connectivity index (χ4v) is 3.87. The maximum absolute atomic E-state index is 9.87. The molecule has 0 aliphatic carbocycles. The first-order valence-corrected chi connectivity index (χ1v) is 8.64. The molecule has 3 rings (SSSR count). The molecule has 0 saturated carbocycles. The number of likely N-dealkylation sites (N-methyl/N-ethyl adjacent to an activating group) is 1. The normalized spacial score (nSPS) is 28.8. The van der Waals surface area contributed by atoms with Gasteiger partial charge in [0.2, 0.25) is 0 Å². The molecule has 2 aliphatic heterocycles. The van der Waals surface area contributed by atoms with E-state index in [0.29, 0.717) is 18.6 Å². The highest BCUT2D eigenvalue weighted by atomic mass is 16.3. The highest BCUT2D eigenvalue weighted by Crippen LogP contribution is 2.26. The van der Waals surface area contributed by atoms with Gasteiger partial charge < -0.3 is 15.1 Å². The van der Waals surface area contributed by atoms with E-state index in [1.54, 1.807) is 0 Å². The molecule has 2 N–H and O–H groups in total. The van der Waals surface area contributed by atoms with Gasteiger partial charge in [-0.1, -0.05) is 12.1 Å². The number of hydrogen-bond donors (Lipinski definition) is 2. The molecule has 2 fully saturated rings. The van der Waals surface area contributed by atoms with Crippen molar-refractivity contribution in [3.8, 4) is 0 Å². The van der Waals surface area contributed by atoms with E-state index in [4.69, 9.17) is 5.11 Å². The van der Waals surface area contributed by atoms with Crippen molar-refractivity contribution >= 4 is 5.69 Å². The van der Waals surface area contributed by atoms with E-state index in [-0.39, 0.29) is 12.7 Å². The molecule has 2 aliphatic rings. The van der Waals surface area contributed by atoms with Gasteiger partial charge in [0.25, 0.3) is 0 Å². The number of fused-ring (bicyclic) bond motifs is 1. The van der Waals surface area contributed by atoms with Crippen molar-refractivity contribution in [3.05, 3.63) is 29.8 Å². The summed E-state index contributed by atoms with van der Waals surface area (Å²) >= 11 is 0. The van der Waals surface area contributed by atoms with Crippen LogP contribution in [0.1, 0.15) is 18.9 Å². The number of rotatable bonds is 5. The molecule has 0 bridgehead atoms. The third-order valence-electron chi connectivity index (χ3n) is 5.27. The number of anilines is 1. The first-order chi connectivity index (χ1) is 11.1. The Balaban J connectivity index is 1.60. The molecule has 0 radical (unpaired) electrons. The highest BCUT2D eigenvalue weighted by molar-refractivity contribution is 5.46. The van der Waals surface area contributed by atoms with Gasteiger partial charge in [0.05, 0.1) is 12.7 Å². The third kappa shape index (κ3) is 3.86. The second-order valence-electron chi connectivity index (χ2n) is 7.09. The van der Waals surface area contributed by atoms with E-state index < -0.39 is 0 Å². The largest absolute Gasteiger partial charge is 0.395 e. The van der Waals surface area contributed by atoms with Crippen molar-refractivity contribution in [3.63, 3.8) is 0 Å². The molecule has 23 heavy (non-hydrogen) atoms. The molecule has 1 aromatic rings. The summed E-state index contributed by atoms with van der Waals surface area (Å²) in [6, 6.07) is 9.66. The molecular weight excluding hydrogens is 290 g/mol. The van der Waals surface area contributed by atoms with Crippen LogP contribution in [0.4, 0.5) is 5.69 Å². The van der Waals surface area contributed by atoms with Crippen molar-refractivity contribution in [1.29, 1.82) is 0 Å². The van der Waals surface area contributed by atoms with Crippen LogP contribution in [-0.2, 0) is 6.54 Å². The van der Waals surface area contributed by atoms with Crippen LogP contribution in [0, 0.1) is 0 Å². The predicted octanol–water partition coefficient (Wildman–Crippen LogP) is 0.754. The summed E-state index contributed by atoms with van der Waals surface area (Å²) in [5, 5.41) is 18.9. The van der Waals surface area contributed by atoms with E-state index in [1.807, 2.05) is 7.05 Å². The fraction of sp³-hybridized carbons (Fsp3) is 0.667. The zero-order chi connectivity index (χ0) is 16.4. The maximum atomic E-state index is 9.87. The van der Waals surface area contributed by atoms with Crippen LogP contribution in [0.2, 0.25) is 0 Å². The fourth-order valence-electron chi connectivity index (χ4n) is 3.87. The quantitative estimate of drug-likeness (QED) is 0.839. The Kier molecular flexibility index (Phi) is 5.21. The molecular formula is C18H29N3O2. The Morgan fingerprint density at radius 3 is 2.61 bits per heavy atom. The highest BCUT2D eigenvalue weighted by Gasteiger charge is 2.37. The van der Waals surface area contributed by atoms with Gasteiger partial charge >= 0.3 is 0 Å². The van der Waals surface area contributed by atoms with Crippen LogP contribution in [0.3, 0.4) is 0 Å². The van der Waals surface area contributed by atoms with E-state index in [0.717, 1.165) is 38.3 Å². The molecule has 0 unspecified atom stereocenters. The molecule has 5 nitrogen and oxygen atoms in total. The van der Waals surface area contributed by atoms with Gasteiger partial charge in [0.15, 0.2) is 0 Å². The Labute approximate surface area is 139 Å². The molecule has 2 heterocycles. The predicted molar refractivity (Wildman–Crippen MR) is 92.7 cm³/mol. The van der Waals surface area contributed by atoms with Crippen molar-refractivity contribution in [2.24, 2.45) is 0 Å². The van der Waals surface area contributed by atoms with Crippen LogP contribution < -0.4 is 4.90 Å². The minimum Gasteiger partial charge on any atom is -0.395 e. The number of nitrogens with zero attached hydrogens (tertiary/aromatic N) is 3. The third-order valence-corrected chi connectivity index (χ3v) is 5.27. The molecule has 128 valence electrons. The van der Waals surface area contributed by atoms with Crippen LogP contribution in [0.5, 0.6) is 0 Å². The summed E-state index contributed by atoms with van der Waals surface area (Å²) in [7, 11) is 2.00. The zero-order valence-corrected chi connectivity index (χ0v) is 14.2. The average molecular weight is 319 g/mol. The minimum atomic E-state index is -0.145. The lowest BCUT2D eigenvalue weighted by Crippen LogP contribution is -2.54. The lowest BCUT2D eigenvalue weighted by molar-refractivity contribution is 0.0528. The van der Waals surface area contributed by atoms with Gasteiger partial charge in [0, 0.05) is 57.5 Å². The molecule has 2 saturated heterocycles. The lowest BCUT2D eigenvalue weighted by Gasteiger charge is -2.42. The maximum Gasteiger partial charge on any atom is 0.0682 e. The van der Waals surface area contributed by atoms with E-state index >= 15 is 0 Å². The molecule has 0 spiro atoms. The topological polar surface area (TPSA) is 50.2 Å². The van der Waals surface area contributed by atoms with Crippen molar-refractivity contribution < 1.29 is 10.2 Å². The minimum absolute atomic E-state index is 0.145. The summed E-state index contributed by atoms with van der Waals surface area (Å²) < 4.78 is 0. The molecule has 5 heteroatoms. The standard InChI is InChI=1S/C18H29N3O2/c1-14-10-21-13-18(23)9-17(21)12-20(14)11-15-3-5-16(6-4-15)19(2)7-8-22/h3-6,14,17-18,22-23H,7-13H2,1-2H3/t14-,17+,18-/m1/s1. The van der Waals surface area contributed by atoms with Gasteiger partial charge in [-0.05, 0) is 31.0 Å². The summed E-state index contributed by atoms with van der Waals surface area (Å²) in [5.41, 5.74) is 2.46. The summed E-state index contributed by atoms with van der Waals surface area (Å²) in [4.78, 5) is 7.04. The average Bonchev–Trinajstić information content (AvgIpc) is 2.87. The number of hydrogen-bond acceptors (Lipinski definition) is 5. The smallest absolute Gasteiger partial charge is 0.0682 e. The molecule has 1 aromatic carbocycles. The van der Waals surface area contributed by atoms with E-state index in [2.05, 4.69) is 45.9 Å². The van der Waals surface area contributed by atoms with Crippen molar-refractivity contribution in [2.75, 3.05) is 44.7 Å².